The maximum atomic E-state index is 12.3. The monoisotopic (exact) mass is 420 g/mol. The number of ether oxygens (including phenoxy) is 1. The SMILES string of the molecule is O=C1NC(=Nc2ccccc2)S/C1=C\c1ccc(OCc2ccccc2)c(Cl)c1. The van der Waals surface area contributed by atoms with E-state index in [2.05, 4.69) is 10.3 Å². The number of thioether (sulfide) groups is 1. The summed E-state index contributed by atoms with van der Waals surface area (Å²) in [5.74, 6) is 0.428. The van der Waals surface area contributed by atoms with Gasteiger partial charge in [-0.05, 0) is 53.2 Å². The number of nitrogens with one attached hydrogen (secondary N) is 1. The van der Waals surface area contributed by atoms with Crippen LogP contribution in [0.4, 0.5) is 5.69 Å². The van der Waals surface area contributed by atoms with Crippen molar-refractivity contribution < 1.29 is 9.53 Å². The Morgan fingerprint density at radius 1 is 1.00 bits per heavy atom. The molecule has 144 valence electrons. The third-order valence-corrected chi connectivity index (χ3v) is 5.33. The van der Waals surface area contributed by atoms with Gasteiger partial charge in [-0.1, -0.05) is 66.2 Å². The lowest BCUT2D eigenvalue weighted by molar-refractivity contribution is -0.115. The average Bonchev–Trinajstić information content (AvgIpc) is 3.07. The van der Waals surface area contributed by atoms with Crippen molar-refractivity contribution in [3.63, 3.8) is 0 Å². The lowest BCUT2D eigenvalue weighted by atomic mass is 10.2. The molecule has 0 spiro atoms. The second-order valence-corrected chi connectivity index (χ2v) is 7.72. The summed E-state index contributed by atoms with van der Waals surface area (Å²) in [4.78, 5) is 17.3. The summed E-state index contributed by atoms with van der Waals surface area (Å²) in [5.41, 5.74) is 2.68. The summed E-state index contributed by atoms with van der Waals surface area (Å²) in [6.07, 6.45) is 1.79. The number of carbonyl (C=O) groups is 1. The molecule has 1 aliphatic heterocycles. The summed E-state index contributed by atoms with van der Waals surface area (Å²) >= 11 is 7.67. The van der Waals surface area contributed by atoms with E-state index in [4.69, 9.17) is 16.3 Å². The van der Waals surface area contributed by atoms with Gasteiger partial charge in [0.25, 0.3) is 5.91 Å². The molecule has 29 heavy (non-hydrogen) atoms. The van der Waals surface area contributed by atoms with Crippen LogP contribution in [0, 0.1) is 0 Å². The van der Waals surface area contributed by atoms with Gasteiger partial charge in [-0.2, -0.15) is 0 Å². The Hall–Kier alpha value is -3.02. The van der Waals surface area contributed by atoms with Crippen LogP contribution in [0.15, 0.2) is 88.8 Å². The zero-order valence-corrected chi connectivity index (χ0v) is 16.9. The molecule has 0 aromatic heterocycles. The van der Waals surface area contributed by atoms with Crippen LogP contribution in [0.25, 0.3) is 6.08 Å². The summed E-state index contributed by atoms with van der Waals surface area (Å²) in [7, 11) is 0. The Morgan fingerprint density at radius 2 is 1.72 bits per heavy atom. The van der Waals surface area contributed by atoms with Gasteiger partial charge in [0.1, 0.15) is 12.4 Å². The fraction of sp³-hybridized carbons (Fsp3) is 0.0435. The molecule has 0 bridgehead atoms. The summed E-state index contributed by atoms with van der Waals surface area (Å²) in [6.45, 7) is 0.443. The van der Waals surface area contributed by atoms with Gasteiger partial charge in [-0.3, -0.25) is 4.79 Å². The first-order chi connectivity index (χ1) is 14.2. The molecule has 0 unspecified atom stereocenters. The number of hydrogen-bond acceptors (Lipinski definition) is 4. The Labute approximate surface area is 178 Å². The van der Waals surface area contributed by atoms with Crippen molar-refractivity contribution in [2.45, 2.75) is 6.61 Å². The molecule has 3 aromatic carbocycles. The highest BCUT2D eigenvalue weighted by molar-refractivity contribution is 8.18. The number of para-hydroxylation sites is 1. The number of hydrogen-bond donors (Lipinski definition) is 1. The molecule has 0 saturated carbocycles. The molecule has 6 heteroatoms. The number of aliphatic imine (C=N–C) groups is 1. The molecular formula is C23H17ClN2O2S. The molecule has 4 nitrogen and oxygen atoms in total. The number of carbonyl (C=O) groups excluding carboxylic acids is 1. The van der Waals surface area contributed by atoms with E-state index in [1.54, 1.807) is 12.1 Å². The van der Waals surface area contributed by atoms with Crippen molar-refractivity contribution >= 4 is 46.2 Å². The van der Waals surface area contributed by atoms with Crippen LogP contribution in [0.2, 0.25) is 5.02 Å². The number of halogens is 1. The van der Waals surface area contributed by atoms with E-state index in [1.165, 1.54) is 11.8 Å². The first kappa shape index (κ1) is 19.3. The second kappa shape index (κ2) is 8.99. The number of nitrogens with zero attached hydrogens (tertiary/aromatic N) is 1. The maximum absolute atomic E-state index is 12.3. The molecule has 0 atom stereocenters. The smallest absolute Gasteiger partial charge is 0.264 e. The number of rotatable bonds is 5. The van der Waals surface area contributed by atoms with Gasteiger partial charge in [0.2, 0.25) is 0 Å². The van der Waals surface area contributed by atoms with E-state index in [0.717, 1.165) is 16.8 Å². The fourth-order valence-corrected chi connectivity index (χ4v) is 3.80. The molecule has 1 fully saturated rings. The van der Waals surface area contributed by atoms with Crippen LogP contribution < -0.4 is 10.1 Å². The molecule has 1 heterocycles. The largest absolute Gasteiger partial charge is 0.487 e. The molecule has 4 rings (SSSR count). The quantitative estimate of drug-likeness (QED) is 0.530. The third kappa shape index (κ3) is 5.08. The van der Waals surface area contributed by atoms with Crippen LogP contribution in [0.3, 0.4) is 0 Å². The van der Waals surface area contributed by atoms with Gasteiger partial charge >= 0.3 is 0 Å². The minimum Gasteiger partial charge on any atom is -0.487 e. The second-order valence-electron chi connectivity index (χ2n) is 6.28. The number of amides is 1. The molecule has 3 aromatic rings. The van der Waals surface area contributed by atoms with Crippen molar-refractivity contribution in [3.05, 3.63) is 99.9 Å². The van der Waals surface area contributed by atoms with Gasteiger partial charge in [-0.15, -0.1) is 0 Å². The molecule has 1 aliphatic rings. The van der Waals surface area contributed by atoms with E-state index < -0.39 is 0 Å². The van der Waals surface area contributed by atoms with Crippen molar-refractivity contribution in [1.82, 2.24) is 5.32 Å². The molecule has 0 aliphatic carbocycles. The van der Waals surface area contributed by atoms with Crippen molar-refractivity contribution in [3.8, 4) is 5.75 Å². The van der Waals surface area contributed by atoms with Crippen LogP contribution in [0.1, 0.15) is 11.1 Å². The Kier molecular flexibility index (Phi) is 5.98. The summed E-state index contributed by atoms with van der Waals surface area (Å²) in [6, 6.07) is 24.9. The maximum Gasteiger partial charge on any atom is 0.264 e. The predicted molar refractivity (Wildman–Crippen MR) is 119 cm³/mol. The van der Waals surface area contributed by atoms with Crippen molar-refractivity contribution in [2.75, 3.05) is 0 Å². The Balaban J connectivity index is 1.46. The summed E-state index contributed by atoms with van der Waals surface area (Å²) < 4.78 is 5.80. The minimum atomic E-state index is -0.176. The minimum absolute atomic E-state index is 0.176. The highest BCUT2D eigenvalue weighted by Crippen LogP contribution is 2.31. The van der Waals surface area contributed by atoms with Gasteiger partial charge in [0.15, 0.2) is 5.17 Å². The van der Waals surface area contributed by atoms with E-state index >= 15 is 0 Å². The lowest BCUT2D eigenvalue weighted by Crippen LogP contribution is -2.19. The molecular weight excluding hydrogens is 404 g/mol. The van der Waals surface area contributed by atoms with Crippen LogP contribution in [-0.4, -0.2) is 11.1 Å². The number of amidine groups is 1. The first-order valence-corrected chi connectivity index (χ1v) is 10.2. The van der Waals surface area contributed by atoms with E-state index in [9.17, 15) is 4.79 Å². The first-order valence-electron chi connectivity index (χ1n) is 8.98. The molecule has 1 amide bonds. The standard InChI is InChI=1S/C23H17ClN2O2S/c24-19-13-17(11-12-20(19)28-15-16-7-3-1-4-8-16)14-21-22(27)26-23(29-21)25-18-9-5-2-6-10-18/h1-14H,15H2,(H,25,26,27)/b21-14-. The predicted octanol–water partition coefficient (Wildman–Crippen LogP) is 5.81. The van der Waals surface area contributed by atoms with E-state index in [1.807, 2.05) is 72.8 Å². The van der Waals surface area contributed by atoms with Crippen molar-refractivity contribution in [1.29, 1.82) is 0 Å². The number of benzene rings is 3. The lowest BCUT2D eigenvalue weighted by Gasteiger charge is -2.08. The third-order valence-electron chi connectivity index (χ3n) is 4.13. The fourth-order valence-electron chi connectivity index (χ4n) is 2.71. The van der Waals surface area contributed by atoms with Crippen LogP contribution in [-0.2, 0) is 11.4 Å². The van der Waals surface area contributed by atoms with Gasteiger partial charge in [0.05, 0.1) is 15.6 Å². The van der Waals surface area contributed by atoms with Gasteiger partial charge in [-0.25, -0.2) is 4.99 Å². The average molecular weight is 421 g/mol. The van der Waals surface area contributed by atoms with Crippen LogP contribution in [0.5, 0.6) is 5.75 Å². The molecule has 1 N–H and O–H groups in total. The van der Waals surface area contributed by atoms with Gasteiger partial charge in [0, 0.05) is 0 Å². The molecule has 1 saturated heterocycles. The zero-order valence-electron chi connectivity index (χ0n) is 15.3. The molecule has 0 radical (unpaired) electrons. The van der Waals surface area contributed by atoms with E-state index in [0.29, 0.717) is 27.5 Å². The normalized spacial score (nSPS) is 16.2. The van der Waals surface area contributed by atoms with Crippen molar-refractivity contribution in [2.24, 2.45) is 4.99 Å². The Morgan fingerprint density at radius 3 is 2.45 bits per heavy atom. The summed E-state index contributed by atoms with van der Waals surface area (Å²) in [5, 5.41) is 3.84. The zero-order chi connectivity index (χ0) is 20.1. The highest BCUT2D eigenvalue weighted by atomic mass is 35.5. The topological polar surface area (TPSA) is 50.7 Å². The van der Waals surface area contributed by atoms with Crippen LogP contribution >= 0.6 is 23.4 Å². The Bertz CT molecular complexity index is 1080. The highest BCUT2D eigenvalue weighted by Gasteiger charge is 2.23. The van der Waals surface area contributed by atoms with E-state index in [-0.39, 0.29) is 5.91 Å². The van der Waals surface area contributed by atoms with Gasteiger partial charge < -0.3 is 10.1 Å².